The minimum Gasteiger partial charge on any atom is -0.337 e. The highest BCUT2D eigenvalue weighted by atomic mass is 15.1. The lowest BCUT2D eigenvalue weighted by Gasteiger charge is -2.12. The molecule has 5 heteroatoms. The Hall–Kier alpha value is -1.62. The molecule has 0 saturated carbocycles. The summed E-state index contributed by atoms with van der Waals surface area (Å²) in [7, 11) is 0. The summed E-state index contributed by atoms with van der Waals surface area (Å²) < 4.78 is 4.22. The zero-order valence-electron chi connectivity index (χ0n) is 10.2. The summed E-state index contributed by atoms with van der Waals surface area (Å²) in [4.78, 5) is 8.19. The number of nitrogens with two attached hydrogens (primary N) is 1. The van der Waals surface area contributed by atoms with Crippen molar-refractivity contribution < 1.29 is 0 Å². The van der Waals surface area contributed by atoms with Crippen molar-refractivity contribution in [3.8, 4) is 0 Å². The third-order valence-corrected chi connectivity index (χ3v) is 2.94. The topological polar surface area (TPSA) is 61.7 Å². The van der Waals surface area contributed by atoms with E-state index < -0.39 is 0 Å². The summed E-state index contributed by atoms with van der Waals surface area (Å²) in [5.41, 5.74) is 7.15. The summed E-state index contributed by atoms with van der Waals surface area (Å²) in [6, 6.07) is 0.0887. The average molecular weight is 233 g/mol. The van der Waals surface area contributed by atoms with Crippen molar-refractivity contribution >= 4 is 0 Å². The van der Waals surface area contributed by atoms with Crippen LogP contribution in [-0.4, -0.2) is 19.1 Å². The summed E-state index contributed by atoms with van der Waals surface area (Å²) in [5, 5.41) is 0. The number of nitrogens with zero attached hydrogens (tertiary/aromatic N) is 4. The third-order valence-electron chi connectivity index (χ3n) is 2.94. The van der Waals surface area contributed by atoms with Gasteiger partial charge < -0.3 is 14.9 Å². The number of aromatic nitrogens is 4. The first-order valence-electron chi connectivity index (χ1n) is 6.02. The van der Waals surface area contributed by atoms with Crippen LogP contribution in [0, 0.1) is 0 Å². The van der Waals surface area contributed by atoms with Gasteiger partial charge in [-0.1, -0.05) is 6.92 Å². The van der Waals surface area contributed by atoms with Gasteiger partial charge >= 0.3 is 0 Å². The largest absolute Gasteiger partial charge is 0.337 e. The predicted octanol–water partition coefficient (Wildman–Crippen LogP) is 1.58. The maximum Gasteiger partial charge on any atom is 0.0948 e. The van der Waals surface area contributed by atoms with Crippen LogP contribution in [0.3, 0.4) is 0 Å². The molecule has 0 amide bonds. The lowest BCUT2D eigenvalue weighted by atomic mass is 10.2. The molecule has 2 rings (SSSR count). The van der Waals surface area contributed by atoms with Crippen LogP contribution in [0.2, 0.25) is 0 Å². The van der Waals surface area contributed by atoms with E-state index in [1.807, 2.05) is 25.0 Å². The minimum absolute atomic E-state index is 0.0887. The van der Waals surface area contributed by atoms with E-state index in [2.05, 4.69) is 26.0 Å². The highest BCUT2D eigenvalue weighted by Crippen LogP contribution is 2.13. The molecule has 2 heterocycles. The van der Waals surface area contributed by atoms with E-state index in [-0.39, 0.29) is 6.04 Å². The summed E-state index contributed by atoms with van der Waals surface area (Å²) in [6.07, 6.45) is 11.3. The summed E-state index contributed by atoms with van der Waals surface area (Å²) in [6.45, 7) is 4.01. The van der Waals surface area contributed by atoms with E-state index in [1.165, 1.54) is 0 Å². The van der Waals surface area contributed by atoms with E-state index in [0.29, 0.717) is 0 Å². The van der Waals surface area contributed by atoms with E-state index in [0.717, 1.165) is 31.6 Å². The van der Waals surface area contributed by atoms with E-state index >= 15 is 0 Å². The van der Waals surface area contributed by atoms with Crippen molar-refractivity contribution in [2.75, 3.05) is 0 Å². The van der Waals surface area contributed by atoms with Gasteiger partial charge in [-0.05, 0) is 12.8 Å². The Morgan fingerprint density at radius 2 is 2.18 bits per heavy atom. The molecule has 2 aromatic rings. The first-order valence-corrected chi connectivity index (χ1v) is 6.02. The molecule has 0 radical (unpaired) electrons. The predicted molar refractivity (Wildman–Crippen MR) is 66.3 cm³/mol. The lowest BCUT2D eigenvalue weighted by molar-refractivity contribution is 0.529. The normalized spacial score (nSPS) is 12.8. The molecule has 2 aromatic heterocycles. The third kappa shape index (κ3) is 2.94. The molecular weight excluding hydrogens is 214 g/mol. The molecular formula is C12H19N5. The van der Waals surface area contributed by atoms with Gasteiger partial charge in [0.05, 0.1) is 18.3 Å². The fourth-order valence-corrected chi connectivity index (χ4v) is 1.88. The monoisotopic (exact) mass is 233 g/mol. The van der Waals surface area contributed by atoms with Gasteiger partial charge in [-0.15, -0.1) is 0 Å². The van der Waals surface area contributed by atoms with Crippen molar-refractivity contribution in [2.45, 2.75) is 38.9 Å². The maximum atomic E-state index is 6.03. The minimum atomic E-state index is 0.0887. The van der Waals surface area contributed by atoms with Crippen LogP contribution in [0.4, 0.5) is 0 Å². The van der Waals surface area contributed by atoms with Crippen molar-refractivity contribution in [3.05, 3.63) is 36.9 Å². The second-order valence-electron chi connectivity index (χ2n) is 4.18. The molecule has 0 aliphatic rings. The van der Waals surface area contributed by atoms with Gasteiger partial charge in [0.25, 0.3) is 0 Å². The molecule has 0 aliphatic heterocycles. The number of hydrogen-bond donors (Lipinski definition) is 1. The molecule has 0 saturated heterocycles. The Bertz CT molecular complexity index is 431. The first-order chi connectivity index (χ1) is 8.31. The molecule has 17 heavy (non-hydrogen) atoms. The van der Waals surface area contributed by atoms with Crippen LogP contribution < -0.4 is 5.73 Å². The Labute approximate surface area is 101 Å². The van der Waals surface area contributed by atoms with E-state index in [4.69, 9.17) is 5.73 Å². The van der Waals surface area contributed by atoms with Crippen molar-refractivity contribution in [2.24, 2.45) is 5.73 Å². The van der Waals surface area contributed by atoms with Gasteiger partial charge in [0.2, 0.25) is 0 Å². The van der Waals surface area contributed by atoms with Crippen molar-refractivity contribution in [1.82, 2.24) is 19.1 Å². The van der Waals surface area contributed by atoms with Crippen LogP contribution in [0.15, 0.2) is 31.2 Å². The van der Waals surface area contributed by atoms with Crippen molar-refractivity contribution in [3.63, 3.8) is 0 Å². The quantitative estimate of drug-likeness (QED) is 0.824. The lowest BCUT2D eigenvalue weighted by Crippen LogP contribution is -2.15. The Morgan fingerprint density at radius 1 is 1.29 bits per heavy atom. The van der Waals surface area contributed by atoms with E-state index in [9.17, 15) is 0 Å². The molecule has 0 bridgehead atoms. The van der Waals surface area contributed by atoms with Crippen LogP contribution in [0.25, 0.3) is 0 Å². The molecule has 0 unspecified atom stereocenters. The number of imidazole rings is 2. The molecule has 1 atom stereocenters. The van der Waals surface area contributed by atoms with Gasteiger partial charge in [-0.3, -0.25) is 0 Å². The van der Waals surface area contributed by atoms with E-state index in [1.54, 1.807) is 6.20 Å². The molecule has 0 aliphatic carbocycles. The van der Waals surface area contributed by atoms with Gasteiger partial charge in [0, 0.05) is 37.7 Å². The van der Waals surface area contributed by atoms with Crippen LogP contribution >= 0.6 is 0 Å². The standard InChI is InChI=1S/C12H19N5/c1-2-11(13)12-8-15-10-17(12)6-3-5-16-7-4-14-9-16/h4,7-11H,2-3,5-6,13H2,1H3/t11-/m1/s1. The van der Waals surface area contributed by atoms with Crippen molar-refractivity contribution in [1.29, 1.82) is 0 Å². The maximum absolute atomic E-state index is 6.03. The molecule has 0 aromatic carbocycles. The van der Waals surface area contributed by atoms with Crippen LogP contribution in [0.1, 0.15) is 31.5 Å². The highest BCUT2D eigenvalue weighted by Gasteiger charge is 2.08. The number of aryl methyl sites for hydroxylation is 2. The fraction of sp³-hybridized carbons (Fsp3) is 0.500. The highest BCUT2D eigenvalue weighted by molar-refractivity contribution is 5.04. The van der Waals surface area contributed by atoms with Gasteiger partial charge in [0.1, 0.15) is 0 Å². The SMILES string of the molecule is CC[C@@H](N)c1cncn1CCCn1ccnc1. The summed E-state index contributed by atoms with van der Waals surface area (Å²) >= 11 is 0. The van der Waals surface area contributed by atoms with Gasteiger partial charge in [0.15, 0.2) is 0 Å². The van der Waals surface area contributed by atoms with Crippen LogP contribution in [-0.2, 0) is 13.1 Å². The van der Waals surface area contributed by atoms with Crippen LogP contribution in [0.5, 0.6) is 0 Å². The fourth-order valence-electron chi connectivity index (χ4n) is 1.88. The second kappa shape index (κ2) is 5.63. The molecule has 92 valence electrons. The number of rotatable bonds is 6. The zero-order chi connectivity index (χ0) is 12.1. The number of hydrogen-bond acceptors (Lipinski definition) is 3. The molecule has 0 fully saturated rings. The Kier molecular flexibility index (Phi) is 3.93. The Morgan fingerprint density at radius 3 is 2.88 bits per heavy atom. The smallest absolute Gasteiger partial charge is 0.0948 e. The summed E-state index contributed by atoms with van der Waals surface area (Å²) in [5.74, 6) is 0. The molecule has 5 nitrogen and oxygen atoms in total. The second-order valence-corrected chi connectivity index (χ2v) is 4.18. The molecule has 2 N–H and O–H groups in total. The zero-order valence-corrected chi connectivity index (χ0v) is 10.2. The first kappa shape index (κ1) is 11.9. The average Bonchev–Trinajstić information content (AvgIpc) is 2.99. The molecule has 0 spiro atoms. The Balaban J connectivity index is 1.88. The van der Waals surface area contributed by atoms with Gasteiger partial charge in [-0.2, -0.15) is 0 Å². The van der Waals surface area contributed by atoms with Gasteiger partial charge in [-0.25, -0.2) is 9.97 Å².